The molecule has 0 spiro atoms. The summed E-state index contributed by atoms with van der Waals surface area (Å²) in [5.74, 6) is 0.732. The maximum atomic E-state index is 6.11. The van der Waals surface area contributed by atoms with Crippen molar-refractivity contribution < 1.29 is 4.74 Å². The maximum Gasteiger partial charge on any atom is 0.121 e. The van der Waals surface area contributed by atoms with Crippen LogP contribution in [0.1, 0.15) is 5.69 Å². The zero-order chi connectivity index (χ0) is 12.3. The van der Waals surface area contributed by atoms with Gasteiger partial charge in [-0.3, -0.25) is 0 Å². The molecule has 1 heterocycles. The van der Waals surface area contributed by atoms with E-state index in [0.29, 0.717) is 11.6 Å². The van der Waals surface area contributed by atoms with Gasteiger partial charge in [0.1, 0.15) is 5.75 Å². The molecule has 0 atom stereocenters. The third kappa shape index (κ3) is 2.57. The Morgan fingerprint density at radius 2 is 2.29 bits per heavy atom. The minimum absolute atomic E-state index is 0.603. The standard InChI is InChI=1S/C11H13ClN4O/c1-13-6-8-7-16(15-14-8)11-5-9(17-2)3-4-10(11)12/h3-5,7,13H,6H2,1-2H3. The summed E-state index contributed by atoms with van der Waals surface area (Å²) in [5.41, 5.74) is 1.60. The van der Waals surface area contributed by atoms with Crippen LogP contribution in [0.5, 0.6) is 5.75 Å². The van der Waals surface area contributed by atoms with Crippen molar-refractivity contribution in [3.63, 3.8) is 0 Å². The van der Waals surface area contributed by atoms with Gasteiger partial charge in [-0.15, -0.1) is 5.10 Å². The van der Waals surface area contributed by atoms with Crippen molar-refractivity contribution in [3.8, 4) is 11.4 Å². The molecule has 5 nitrogen and oxygen atoms in total. The molecule has 2 aromatic rings. The number of ether oxygens (including phenoxy) is 1. The fraction of sp³-hybridized carbons (Fsp3) is 0.273. The Kier molecular flexibility index (Phi) is 3.61. The average Bonchev–Trinajstić information content (AvgIpc) is 2.79. The first-order chi connectivity index (χ1) is 8.24. The normalized spacial score (nSPS) is 10.5. The van der Waals surface area contributed by atoms with Gasteiger partial charge in [0.2, 0.25) is 0 Å². The van der Waals surface area contributed by atoms with E-state index in [9.17, 15) is 0 Å². The summed E-state index contributed by atoms with van der Waals surface area (Å²) < 4.78 is 6.79. The lowest BCUT2D eigenvalue weighted by molar-refractivity contribution is 0.414. The van der Waals surface area contributed by atoms with Crippen molar-refractivity contribution in [2.45, 2.75) is 6.54 Å². The van der Waals surface area contributed by atoms with Crippen molar-refractivity contribution >= 4 is 11.6 Å². The molecular formula is C11H13ClN4O. The van der Waals surface area contributed by atoms with Gasteiger partial charge in [0.25, 0.3) is 0 Å². The van der Waals surface area contributed by atoms with Crippen LogP contribution in [0.15, 0.2) is 24.4 Å². The maximum absolute atomic E-state index is 6.11. The number of nitrogens with one attached hydrogen (secondary N) is 1. The molecule has 90 valence electrons. The molecule has 0 amide bonds. The van der Waals surface area contributed by atoms with E-state index in [-0.39, 0.29) is 0 Å². The van der Waals surface area contributed by atoms with Gasteiger partial charge >= 0.3 is 0 Å². The quantitative estimate of drug-likeness (QED) is 0.899. The lowest BCUT2D eigenvalue weighted by atomic mass is 10.3. The highest BCUT2D eigenvalue weighted by molar-refractivity contribution is 6.32. The SMILES string of the molecule is CNCc1cn(-c2cc(OC)ccc2Cl)nn1. The Morgan fingerprint density at radius 3 is 3.00 bits per heavy atom. The molecule has 0 aliphatic rings. The Bertz CT molecular complexity index is 512. The fourth-order valence-electron chi connectivity index (χ4n) is 1.47. The minimum atomic E-state index is 0.603. The molecule has 1 N–H and O–H groups in total. The Labute approximate surface area is 104 Å². The van der Waals surface area contributed by atoms with Gasteiger partial charge in [-0.05, 0) is 19.2 Å². The van der Waals surface area contributed by atoms with E-state index < -0.39 is 0 Å². The van der Waals surface area contributed by atoms with Crippen molar-refractivity contribution in [2.24, 2.45) is 0 Å². The zero-order valence-electron chi connectivity index (χ0n) is 9.64. The van der Waals surface area contributed by atoms with E-state index in [0.717, 1.165) is 17.1 Å². The predicted molar refractivity (Wildman–Crippen MR) is 65.7 cm³/mol. The highest BCUT2D eigenvalue weighted by Crippen LogP contribution is 2.24. The van der Waals surface area contributed by atoms with Crippen LogP contribution >= 0.6 is 11.6 Å². The van der Waals surface area contributed by atoms with Gasteiger partial charge < -0.3 is 10.1 Å². The second-order valence-electron chi connectivity index (χ2n) is 3.50. The van der Waals surface area contributed by atoms with Gasteiger partial charge in [-0.2, -0.15) is 0 Å². The van der Waals surface area contributed by atoms with Crippen LogP contribution in [-0.2, 0) is 6.54 Å². The van der Waals surface area contributed by atoms with Gasteiger partial charge in [-0.1, -0.05) is 16.8 Å². The van der Waals surface area contributed by atoms with Crippen LogP contribution in [0.3, 0.4) is 0 Å². The monoisotopic (exact) mass is 252 g/mol. The second kappa shape index (κ2) is 5.16. The average molecular weight is 253 g/mol. The number of aromatic nitrogens is 3. The van der Waals surface area contributed by atoms with Gasteiger partial charge in [-0.25, -0.2) is 4.68 Å². The van der Waals surface area contributed by atoms with Crippen LogP contribution in [0, 0.1) is 0 Å². The number of methoxy groups -OCH3 is 1. The summed E-state index contributed by atoms with van der Waals surface area (Å²) in [7, 11) is 3.47. The van der Waals surface area contributed by atoms with Gasteiger partial charge in [0.05, 0.1) is 29.7 Å². The molecule has 17 heavy (non-hydrogen) atoms. The molecule has 0 saturated heterocycles. The van der Waals surface area contributed by atoms with Gasteiger partial charge in [0, 0.05) is 12.6 Å². The number of nitrogens with zero attached hydrogens (tertiary/aromatic N) is 3. The summed E-state index contributed by atoms with van der Waals surface area (Å²) in [5, 5.41) is 11.7. The number of hydrogen-bond donors (Lipinski definition) is 1. The van der Waals surface area contributed by atoms with Crippen molar-refractivity contribution in [2.75, 3.05) is 14.2 Å². The van der Waals surface area contributed by atoms with Crippen LogP contribution in [-0.4, -0.2) is 29.2 Å². The zero-order valence-corrected chi connectivity index (χ0v) is 10.4. The molecule has 0 fully saturated rings. The molecule has 0 aliphatic carbocycles. The fourth-order valence-corrected chi connectivity index (χ4v) is 1.68. The molecule has 1 aromatic carbocycles. The van der Waals surface area contributed by atoms with Crippen molar-refractivity contribution in [1.29, 1.82) is 0 Å². The number of hydrogen-bond acceptors (Lipinski definition) is 4. The summed E-state index contributed by atoms with van der Waals surface area (Å²) in [6.45, 7) is 0.668. The Balaban J connectivity index is 2.37. The predicted octanol–water partition coefficient (Wildman–Crippen LogP) is 1.65. The smallest absolute Gasteiger partial charge is 0.121 e. The summed E-state index contributed by atoms with van der Waals surface area (Å²) in [6, 6.07) is 5.40. The largest absolute Gasteiger partial charge is 0.497 e. The Hall–Kier alpha value is -1.59. The van der Waals surface area contributed by atoms with Crippen LogP contribution in [0.25, 0.3) is 5.69 Å². The number of halogens is 1. The summed E-state index contributed by atoms with van der Waals surface area (Å²) in [6.07, 6.45) is 1.83. The van der Waals surface area contributed by atoms with Crippen LogP contribution < -0.4 is 10.1 Å². The highest BCUT2D eigenvalue weighted by atomic mass is 35.5. The topological polar surface area (TPSA) is 52.0 Å². The molecular weight excluding hydrogens is 240 g/mol. The molecule has 1 aromatic heterocycles. The first-order valence-corrected chi connectivity index (χ1v) is 5.52. The van der Waals surface area contributed by atoms with E-state index in [1.54, 1.807) is 23.9 Å². The second-order valence-corrected chi connectivity index (χ2v) is 3.91. The third-order valence-corrected chi connectivity index (χ3v) is 2.62. The van der Waals surface area contributed by atoms with E-state index in [2.05, 4.69) is 15.6 Å². The Morgan fingerprint density at radius 1 is 1.47 bits per heavy atom. The molecule has 0 radical (unpaired) electrons. The van der Waals surface area contributed by atoms with Crippen LogP contribution in [0.2, 0.25) is 5.02 Å². The molecule has 0 unspecified atom stereocenters. The summed E-state index contributed by atoms with van der Waals surface area (Å²) >= 11 is 6.11. The van der Waals surface area contributed by atoms with E-state index in [1.807, 2.05) is 19.3 Å². The molecule has 2 rings (SSSR count). The van der Waals surface area contributed by atoms with Crippen molar-refractivity contribution in [1.82, 2.24) is 20.3 Å². The lowest BCUT2D eigenvalue weighted by Gasteiger charge is -2.05. The van der Waals surface area contributed by atoms with Crippen LogP contribution in [0.4, 0.5) is 0 Å². The lowest BCUT2D eigenvalue weighted by Crippen LogP contribution is -2.05. The van der Waals surface area contributed by atoms with E-state index in [4.69, 9.17) is 16.3 Å². The number of benzene rings is 1. The minimum Gasteiger partial charge on any atom is -0.497 e. The summed E-state index contributed by atoms with van der Waals surface area (Å²) in [4.78, 5) is 0. The highest BCUT2D eigenvalue weighted by Gasteiger charge is 2.07. The molecule has 0 aliphatic heterocycles. The van der Waals surface area contributed by atoms with E-state index in [1.165, 1.54) is 0 Å². The number of rotatable bonds is 4. The molecule has 6 heteroatoms. The van der Waals surface area contributed by atoms with Crippen molar-refractivity contribution in [3.05, 3.63) is 35.1 Å². The molecule has 0 bridgehead atoms. The van der Waals surface area contributed by atoms with E-state index >= 15 is 0 Å². The third-order valence-electron chi connectivity index (χ3n) is 2.30. The van der Waals surface area contributed by atoms with Gasteiger partial charge in [0.15, 0.2) is 0 Å². The first kappa shape index (κ1) is 11.9. The molecule has 0 saturated carbocycles. The first-order valence-electron chi connectivity index (χ1n) is 5.14.